The normalized spacial score (nSPS) is 15.7. The van der Waals surface area contributed by atoms with Crippen LogP contribution >= 0.6 is 23.2 Å². The number of anilines is 1. The lowest BCUT2D eigenvalue weighted by molar-refractivity contribution is -0.142. The van der Waals surface area contributed by atoms with Gasteiger partial charge in [-0.05, 0) is 62.7 Å². The van der Waals surface area contributed by atoms with Crippen LogP contribution in [0.5, 0.6) is 0 Å². The monoisotopic (exact) mass is 581 g/mol. The van der Waals surface area contributed by atoms with Crippen molar-refractivity contribution in [2.24, 2.45) is 0 Å². The van der Waals surface area contributed by atoms with Gasteiger partial charge in [-0.3, -0.25) is 14.2 Å². The number of carboxylic acid groups (broad SMARTS) is 1. The number of rotatable bonds is 8. The molecule has 208 valence electrons. The summed E-state index contributed by atoms with van der Waals surface area (Å²) in [7, 11) is 0. The molecule has 0 spiro atoms. The van der Waals surface area contributed by atoms with Crippen LogP contribution in [0.3, 0.4) is 0 Å². The summed E-state index contributed by atoms with van der Waals surface area (Å²) in [6, 6.07) is 13.9. The summed E-state index contributed by atoms with van der Waals surface area (Å²) in [5.74, 6) is -0.127. The van der Waals surface area contributed by atoms with Crippen molar-refractivity contribution in [3.05, 3.63) is 64.9 Å². The highest BCUT2D eigenvalue weighted by atomic mass is 35.5. The SMILES string of the molecule is CCNC1(C(=O)NC(C)C(=O)O)CCN(c2ncnc3c2nc(-c2ccccc2Cl)n3-c2ccc(Cl)cc2)CC1. The Morgan fingerprint density at radius 2 is 1.77 bits per heavy atom. The molecule has 0 saturated carbocycles. The van der Waals surface area contributed by atoms with E-state index >= 15 is 0 Å². The van der Waals surface area contributed by atoms with Crippen LogP contribution in [0.25, 0.3) is 28.2 Å². The van der Waals surface area contributed by atoms with Gasteiger partial charge in [0, 0.05) is 29.4 Å². The number of imidazole rings is 1. The second kappa shape index (κ2) is 11.4. The Balaban J connectivity index is 1.54. The minimum absolute atomic E-state index is 0.315. The zero-order chi connectivity index (χ0) is 28.4. The number of aliphatic carboxylic acids is 1. The highest BCUT2D eigenvalue weighted by molar-refractivity contribution is 6.33. The fraction of sp³-hybridized carbons (Fsp3) is 0.321. The van der Waals surface area contributed by atoms with Gasteiger partial charge in [0.25, 0.3) is 0 Å². The number of carboxylic acids is 1. The first kappa shape index (κ1) is 27.8. The van der Waals surface area contributed by atoms with Crippen LogP contribution < -0.4 is 15.5 Å². The van der Waals surface area contributed by atoms with Crippen molar-refractivity contribution in [3.8, 4) is 17.1 Å². The van der Waals surface area contributed by atoms with Crippen LogP contribution in [0.4, 0.5) is 5.82 Å². The number of benzene rings is 2. The van der Waals surface area contributed by atoms with Crippen LogP contribution in [0, 0.1) is 0 Å². The van der Waals surface area contributed by atoms with Crippen molar-refractivity contribution in [1.29, 1.82) is 0 Å². The zero-order valence-electron chi connectivity index (χ0n) is 22.1. The molecule has 1 aliphatic heterocycles. The van der Waals surface area contributed by atoms with Gasteiger partial charge in [0.2, 0.25) is 5.91 Å². The third-order valence-corrected chi connectivity index (χ3v) is 7.79. The second-order valence-electron chi connectivity index (χ2n) is 9.73. The molecule has 40 heavy (non-hydrogen) atoms. The lowest BCUT2D eigenvalue weighted by Crippen LogP contribution is -2.63. The number of hydrogen-bond acceptors (Lipinski definition) is 7. The predicted octanol–water partition coefficient (Wildman–Crippen LogP) is 4.33. The van der Waals surface area contributed by atoms with Gasteiger partial charge in [-0.2, -0.15) is 0 Å². The Hall–Kier alpha value is -3.73. The van der Waals surface area contributed by atoms with E-state index in [9.17, 15) is 14.7 Å². The van der Waals surface area contributed by atoms with E-state index in [1.165, 1.54) is 13.3 Å². The van der Waals surface area contributed by atoms with Crippen LogP contribution in [0.1, 0.15) is 26.7 Å². The van der Waals surface area contributed by atoms with E-state index in [4.69, 9.17) is 28.2 Å². The molecule has 0 aliphatic carbocycles. The second-order valence-corrected chi connectivity index (χ2v) is 10.6. The summed E-state index contributed by atoms with van der Waals surface area (Å²) < 4.78 is 1.94. The summed E-state index contributed by atoms with van der Waals surface area (Å²) >= 11 is 12.8. The zero-order valence-corrected chi connectivity index (χ0v) is 23.6. The number of hydrogen-bond donors (Lipinski definition) is 3. The number of fused-ring (bicyclic) bond motifs is 1. The van der Waals surface area contributed by atoms with Gasteiger partial charge in [0.05, 0.1) is 5.02 Å². The van der Waals surface area contributed by atoms with Gasteiger partial charge in [-0.25, -0.2) is 15.0 Å². The molecule has 1 atom stereocenters. The first-order chi connectivity index (χ1) is 19.2. The Morgan fingerprint density at radius 1 is 1.07 bits per heavy atom. The molecule has 5 rings (SSSR count). The minimum Gasteiger partial charge on any atom is -0.480 e. The van der Waals surface area contributed by atoms with Crippen molar-refractivity contribution < 1.29 is 14.7 Å². The van der Waals surface area contributed by atoms with Crippen molar-refractivity contribution in [1.82, 2.24) is 30.2 Å². The summed E-state index contributed by atoms with van der Waals surface area (Å²) in [4.78, 5) is 40.8. The number of halogens is 2. The largest absolute Gasteiger partial charge is 0.480 e. The van der Waals surface area contributed by atoms with E-state index in [-0.39, 0.29) is 5.91 Å². The van der Waals surface area contributed by atoms with E-state index in [0.29, 0.717) is 65.3 Å². The molecule has 1 fully saturated rings. The number of nitrogens with one attached hydrogen (secondary N) is 2. The molecule has 1 aliphatic rings. The lowest BCUT2D eigenvalue weighted by Gasteiger charge is -2.41. The number of carbonyl (C=O) groups excluding carboxylic acids is 1. The summed E-state index contributed by atoms with van der Waals surface area (Å²) in [5, 5.41) is 16.4. The molecule has 0 radical (unpaired) electrons. The number of nitrogens with zero attached hydrogens (tertiary/aromatic N) is 5. The van der Waals surface area contributed by atoms with E-state index in [1.54, 1.807) is 0 Å². The number of amides is 1. The first-order valence-electron chi connectivity index (χ1n) is 13.0. The summed E-state index contributed by atoms with van der Waals surface area (Å²) in [6.45, 7) is 4.96. The summed E-state index contributed by atoms with van der Waals surface area (Å²) in [6.07, 6.45) is 2.43. The van der Waals surface area contributed by atoms with Gasteiger partial charge in [-0.1, -0.05) is 42.3 Å². The lowest BCUT2D eigenvalue weighted by atomic mass is 9.86. The molecule has 10 nitrogen and oxygen atoms in total. The average Bonchev–Trinajstić information content (AvgIpc) is 3.33. The maximum atomic E-state index is 13.2. The van der Waals surface area contributed by atoms with E-state index < -0.39 is 17.6 Å². The molecule has 1 amide bonds. The van der Waals surface area contributed by atoms with Crippen LogP contribution in [-0.2, 0) is 9.59 Å². The highest BCUT2D eigenvalue weighted by Crippen LogP contribution is 2.36. The summed E-state index contributed by atoms with van der Waals surface area (Å²) in [5.41, 5.74) is 1.90. The van der Waals surface area contributed by atoms with E-state index in [1.807, 2.05) is 60.0 Å². The third-order valence-electron chi connectivity index (χ3n) is 7.21. The molecule has 3 N–H and O–H groups in total. The molecular formula is C28H29Cl2N7O3. The van der Waals surface area contributed by atoms with Gasteiger partial charge >= 0.3 is 5.97 Å². The third kappa shape index (κ3) is 5.22. The van der Waals surface area contributed by atoms with E-state index in [0.717, 1.165) is 11.3 Å². The minimum atomic E-state index is -1.08. The Kier molecular flexibility index (Phi) is 7.93. The van der Waals surface area contributed by atoms with Gasteiger partial charge in [0.1, 0.15) is 23.7 Å². The van der Waals surface area contributed by atoms with Gasteiger partial charge < -0.3 is 20.6 Å². The van der Waals surface area contributed by atoms with Gasteiger partial charge in [-0.15, -0.1) is 0 Å². The molecule has 3 heterocycles. The topological polar surface area (TPSA) is 125 Å². The predicted molar refractivity (Wildman–Crippen MR) is 155 cm³/mol. The molecule has 12 heteroatoms. The van der Waals surface area contributed by atoms with Crippen molar-refractivity contribution in [2.45, 2.75) is 38.3 Å². The average molecular weight is 582 g/mol. The van der Waals surface area contributed by atoms with Crippen molar-refractivity contribution in [2.75, 3.05) is 24.5 Å². The molecule has 1 unspecified atom stereocenters. The Bertz CT molecular complexity index is 1550. The quantitative estimate of drug-likeness (QED) is 0.281. The first-order valence-corrected chi connectivity index (χ1v) is 13.8. The molecule has 2 aromatic heterocycles. The molecule has 2 aromatic carbocycles. The number of aromatic nitrogens is 4. The Morgan fingerprint density at radius 3 is 2.42 bits per heavy atom. The molecule has 0 bridgehead atoms. The van der Waals surface area contributed by atoms with Crippen LogP contribution in [0.15, 0.2) is 54.9 Å². The molecule has 4 aromatic rings. The number of carbonyl (C=O) groups is 2. The fourth-order valence-electron chi connectivity index (χ4n) is 5.09. The maximum Gasteiger partial charge on any atom is 0.325 e. The smallest absolute Gasteiger partial charge is 0.325 e. The standard InChI is InChI=1S/C28H29Cl2N7O3/c1-3-33-28(27(40)34-17(2)26(38)39)12-14-36(15-13-28)24-22-25(32-16-31-24)37(19-10-8-18(29)9-11-19)23(35-22)20-6-4-5-7-21(20)30/h4-11,16-17,33H,3,12-15H2,1-2H3,(H,34,40)(H,38,39). The van der Waals surface area contributed by atoms with Crippen LogP contribution in [0.2, 0.25) is 10.0 Å². The highest BCUT2D eigenvalue weighted by Gasteiger charge is 2.42. The fourth-order valence-corrected chi connectivity index (χ4v) is 5.44. The van der Waals surface area contributed by atoms with Crippen molar-refractivity contribution >= 4 is 52.1 Å². The van der Waals surface area contributed by atoms with Crippen molar-refractivity contribution in [3.63, 3.8) is 0 Å². The maximum absolute atomic E-state index is 13.2. The number of piperidine rings is 1. The molecule has 1 saturated heterocycles. The van der Waals surface area contributed by atoms with E-state index in [2.05, 4.69) is 25.5 Å². The van der Waals surface area contributed by atoms with Crippen LogP contribution in [-0.4, -0.2) is 67.7 Å². The molecular weight excluding hydrogens is 553 g/mol. The van der Waals surface area contributed by atoms with Gasteiger partial charge in [0.15, 0.2) is 17.0 Å². The number of likely N-dealkylation sites (N-methyl/N-ethyl adjacent to an activating group) is 1. The Labute approximate surface area is 241 Å².